The van der Waals surface area contributed by atoms with Crippen molar-refractivity contribution in [1.82, 2.24) is 25.1 Å². The van der Waals surface area contributed by atoms with Crippen molar-refractivity contribution in [2.24, 2.45) is 0 Å². The molecular formula is C25H18F2N6O2S2. The minimum absolute atomic E-state index is 0.0108. The fraction of sp³-hybridized carbons (Fsp3) is 0.0800. The number of thiazole rings is 1. The van der Waals surface area contributed by atoms with Gasteiger partial charge in [0.2, 0.25) is 5.91 Å². The van der Waals surface area contributed by atoms with Gasteiger partial charge in [0.25, 0.3) is 5.91 Å². The van der Waals surface area contributed by atoms with E-state index in [1.807, 2.05) is 24.3 Å². The number of nitrogens with zero attached hydrogens (tertiary/aromatic N) is 4. The van der Waals surface area contributed by atoms with Crippen LogP contribution in [0.15, 0.2) is 78.0 Å². The van der Waals surface area contributed by atoms with Crippen molar-refractivity contribution in [1.29, 1.82) is 0 Å². The van der Waals surface area contributed by atoms with Crippen molar-refractivity contribution in [3.63, 3.8) is 0 Å². The summed E-state index contributed by atoms with van der Waals surface area (Å²) >= 11 is 2.50. The molecule has 2 heterocycles. The van der Waals surface area contributed by atoms with Crippen LogP contribution in [0, 0.1) is 11.6 Å². The van der Waals surface area contributed by atoms with E-state index in [-0.39, 0.29) is 23.8 Å². The molecule has 0 aliphatic heterocycles. The molecule has 12 heteroatoms. The molecule has 37 heavy (non-hydrogen) atoms. The van der Waals surface area contributed by atoms with Gasteiger partial charge < -0.3 is 10.6 Å². The number of nitrogens with one attached hydrogen (secondary N) is 2. The number of benzene rings is 3. The van der Waals surface area contributed by atoms with E-state index in [1.165, 1.54) is 53.8 Å². The molecule has 0 saturated heterocycles. The second-order valence-electron chi connectivity index (χ2n) is 7.70. The van der Waals surface area contributed by atoms with Gasteiger partial charge in [-0.1, -0.05) is 47.4 Å². The number of hydrogen-bond acceptors (Lipinski definition) is 7. The minimum Gasteiger partial charge on any atom is -0.345 e. The Morgan fingerprint density at radius 2 is 1.70 bits per heavy atom. The highest BCUT2D eigenvalue weighted by atomic mass is 32.2. The molecule has 0 aliphatic rings. The Kier molecular flexibility index (Phi) is 7.19. The normalized spacial score (nSPS) is 11.0. The van der Waals surface area contributed by atoms with Crippen LogP contribution in [-0.4, -0.2) is 37.3 Å². The zero-order valence-electron chi connectivity index (χ0n) is 19.0. The van der Waals surface area contributed by atoms with E-state index in [9.17, 15) is 18.4 Å². The van der Waals surface area contributed by atoms with Gasteiger partial charge in [0.1, 0.15) is 11.6 Å². The lowest BCUT2D eigenvalue weighted by Gasteiger charge is -2.11. The molecule has 0 unspecified atom stereocenters. The van der Waals surface area contributed by atoms with Crippen molar-refractivity contribution in [3.05, 3.63) is 95.8 Å². The van der Waals surface area contributed by atoms with E-state index >= 15 is 0 Å². The van der Waals surface area contributed by atoms with Crippen LogP contribution in [0.4, 0.5) is 13.9 Å². The maximum Gasteiger partial charge on any atom is 0.254 e. The minimum atomic E-state index is -0.643. The first-order valence-electron chi connectivity index (χ1n) is 11.0. The second-order valence-corrected chi connectivity index (χ2v) is 9.67. The van der Waals surface area contributed by atoms with Gasteiger partial charge >= 0.3 is 0 Å². The van der Waals surface area contributed by atoms with Crippen LogP contribution < -0.4 is 10.6 Å². The molecule has 0 radical (unpaired) electrons. The number of anilines is 1. The molecule has 0 spiro atoms. The van der Waals surface area contributed by atoms with Crippen LogP contribution in [0.5, 0.6) is 0 Å². The predicted octanol–water partition coefficient (Wildman–Crippen LogP) is 4.82. The Hall–Kier alpha value is -4.16. The van der Waals surface area contributed by atoms with Crippen LogP contribution in [-0.2, 0) is 11.3 Å². The summed E-state index contributed by atoms with van der Waals surface area (Å²) in [5.74, 6) is -1.63. The highest BCUT2D eigenvalue weighted by molar-refractivity contribution is 7.99. The van der Waals surface area contributed by atoms with Crippen molar-refractivity contribution in [3.8, 4) is 5.69 Å². The summed E-state index contributed by atoms with van der Waals surface area (Å²) in [7, 11) is 0. The Morgan fingerprint density at radius 3 is 2.49 bits per heavy atom. The van der Waals surface area contributed by atoms with Crippen molar-refractivity contribution in [2.45, 2.75) is 11.7 Å². The van der Waals surface area contributed by atoms with E-state index < -0.39 is 17.5 Å². The molecule has 3 aromatic carbocycles. The van der Waals surface area contributed by atoms with Crippen LogP contribution in [0.25, 0.3) is 15.9 Å². The molecule has 2 amide bonds. The molecule has 5 aromatic rings. The van der Waals surface area contributed by atoms with Crippen LogP contribution in [0.2, 0.25) is 0 Å². The topological polar surface area (TPSA) is 102 Å². The van der Waals surface area contributed by atoms with E-state index in [1.54, 1.807) is 10.6 Å². The van der Waals surface area contributed by atoms with Gasteiger partial charge in [-0.05, 0) is 48.5 Å². The van der Waals surface area contributed by atoms with Gasteiger partial charge in [-0.25, -0.2) is 13.8 Å². The zero-order valence-corrected chi connectivity index (χ0v) is 20.7. The number of fused-ring (bicyclic) bond motifs is 1. The second kappa shape index (κ2) is 10.8. The first kappa shape index (κ1) is 24.5. The summed E-state index contributed by atoms with van der Waals surface area (Å²) in [4.78, 5) is 29.5. The molecular weight excluding hydrogens is 518 g/mol. The van der Waals surface area contributed by atoms with Gasteiger partial charge in [0, 0.05) is 5.69 Å². The number of rotatable bonds is 8. The Labute approximate surface area is 217 Å². The third-order valence-corrected chi connectivity index (χ3v) is 7.06. The summed E-state index contributed by atoms with van der Waals surface area (Å²) in [5.41, 5.74) is 1.24. The van der Waals surface area contributed by atoms with Crippen molar-refractivity contribution < 1.29 is 18.4 Å². The number of halogens is 2. The molecule has 2 N–H and O–H groups in total. The zero-order chi connectivity index (χ0) is 25.8. The maximum absolute atomic E-state index is 14.0. The lowest BCUT2D eigenvalue weighted by atomic mass is 10.2. The quantitative estimate of drug-likeness (QED) is 0.276. The average Bonchev–Trinajstić information content (AvgIpc) is 3.50. The number of para-hydroxylation sites is 1. The largest absolute Gasteiger partial charge is 0.345 e. The van der Waals surface area contributed by atoms with Gasteiger partial charge in [-0.15, -0.1) is 10.2 Å². The fourth-order valence-corrected chi connectivity index (χ4v) is 5.12. The molecule has 0 aliphatic carbocycles. The number of thioether (sulfide) groups is 1. The summed E-state index contributed by atoms with van der Waals surface area (Å²) in [6.45, 7) is -0.0734. The third kappa shape index (κ3) is 5.65. The first-order chi connectivity index (χ1) is 18.0. The fourth-order valence-electron chi connectivity index (χ4n) is 3.47. The Balaban J connectivity index is 1.32. The van der Waals surface area contributed by atoms with E-state index in [0.717, 1.165) is 22.0 Å². The highest BCUT2D eigenvalue weighted by Gasteiger charge is 2.18. The predicted molar refractivity (Wildman–Crippen MR) is 138 cm³/mol. The lowest BCUT2D eigenvalue weighted by molar-refractivity contribution is -0.113. The summed E-state index contributed by atoms with van der Waals surface area (Å²) < 4.78 is 30.1. The molecule has 2 aromatic heterocycles. The maximum atomic E-state index is 14.0. The summed E-state index contributed by atoms with van der Waals surface area (Å²) in [6, 6.07) is 18.8. The van der Waals surface area contributed by atoms with Crippen LogP contribution >= 0.6 is 23.1 Å². The molecule has 0 atom stereocenters. The molecule has 5 rings (SSSR count). The SMILES string of the molecule is O=C(CSc1nnc(CNC(=O)c2ccccc2F)n1-c1ccc(F)cc1)Nc1nc2ccccc2s1. The van der Waals surface area contributed by atoms with Crippen LogP contribution in [0.3, 0.4) is 0 Å². The van der Waals surface area contributed by atoms with Gasteiger partial charge in [-0.2, -0.15) is 0 Å². The standard InChI is InChI=1S/C25H18F2N6O2S2/c26-15-9-11-16(12-10-15)33-21(13-28-23(35)17-5-1-2-6-18(17)27)31-32-25(33)36-14-22(34)30-24-29-19-7-3-4-8-20(19)37-24/h1-12H,13-14H2,(H,28,35)(H,29,30,34). The molecule has 0 bridgehead atoms. The number of aromatic nitrogens is 4. The number of carbonyl (C=O) groups excluding carboxylic acids is 2. The monoisotopic (exact) mass is 536 g/mol. The van der Waals surface area contributed by atoms with Gasteiger partial charge in [-0.3, -0.25) is 14.2 Å². The van der Waals surface area contributed by atoms with Gasteiger partial charge in [0.15, 0.2) is 16.1 Å². The van der Waals surface area contributed by atoms with Crippen molar-refractivity contribution in [2.75, 3.05) is 11.1 Å². The smallest absolute Gasteiger partial charge is 0.254 e. The molecule has 8 nitrogen and oxygen atoms in total. The number of carbonyl (C=O) groups is 2. The van der Waals surface area contributed by atoms with E-state index in [4.69, 9.17) is 0 Å². The molecule has 0 saturated carbocycles. The van der Waals surface area contributed by atoms with E-state index in [2.05, 4.69) is 25.8 Å². The highest BCUT2D eigenvalue weighted by Crippen LogP contribution is 2.26. The first-order valence-corrected chi connectivity index (χ1v) is 12.8. The summed E-state index contributed by atoms with van der Waals surface area (Å²) in [5, 5.41) is 14.6. The summed E-state index contributed by atoms with van der Waals surface area (Å²) in [6.07, 6.45) is 0. The third-order valence-electron chi connectivity index (χ3n) is 5.18. The number of hydrogen-bond donors (Lipinski definition) is 2. The average molecular weight is 537 g/mol. The van der Waals surface area contributed by atoms with E-state index in [0.29, 0.717) is 21.8 Å². The van der Waals surface area contributed by atoms with Gasteiger partial charge in [0.05, 0.1) is 28.1 Å². The number of amides is 2. The Morgan fingerprint density at radius 1 is 0.946 bits per heavy atom. The Bertz CT molecular complexity index is 1550. The van der Waals surface area contributed by atoms with Crippen LogP contribution in [0.1, 0.15) is 16.2 Å². The lowest BCUT2D eigenvalue weighted by Crippen LogP contribution is -2.25. The molecule has 0 fully saturated rings. The molecule has 186 valence electrons. The van der Waals surface area contributed by atoms with Crippen molar-refractivity contribution >= 4 is 50.3 Å².